The molecule has 0 spiro atoms. The summed E-state index contributed by atoms with van der Waals surface area (Å²) in [7, 11) is 0. The van der Waals surface area contributed by atoms with Gasteiger partial charge in [-0.25, -0.2) is 0 Å². The maximum absolute atomic E-state index is 10.6. The van der Waals surface area contributed by atoms with Crippen LogP contribution < -0.4 is 5.32 Å². The fourth-order valence-electron chi connectivity index (χ4n) is 1.76. The highest BCUT2D eigenvalue weighted by molar-refractivity contribution is 9.10. The molecule has 0 aliphatic carbocycles. The number of anilines is 1. The number of benzene rings is 2. The zero-order chi connectivity index (χ0) is 13.8. The van der Waals surface area contributed by atoms with Gasteiger partial charge in [0.1, 0.15) is 0 Å². The molecular formula is C14H13BrN2O2. The van der Waals surface area contributed by atoms with E-state index in [9.17, 15) is 10.1 Å². The molecule has 1 atom stereocenters. The van der Waals surface area contributed by atoms with Crippen LogP contribution in [0.1, 0.15) is 18.5 Å². The molecule has 0 fully saturated rings. The Bertz CT molecular complexity index is 567. The van der Waals surface area contributed by atoms with Crippen LogP contribution in [-0.2, 0) is 0 Å². The number of hydrogen-bond acceptors (Lipinski definition) is 3. The van der Waals surface area contributed by atoms with E-state index in [0.717, 1.165) is 15.7 Å². The van der Waals surface area contributed by atoms with Crippen molar-refractivity contribution in [3.63, 3.8) is 0 Å². The number of nitrogens with zero attached hydrogens (tertiary/aromatic N) is 1. The Morgan fingerprint density at radius 2 is 1.68 bits per heavy atom. The molecule has 19 heavy (non-hydrogen) atoms. The van der Waals surface area contributed by atoms with Crippen LogP contribution in [0.5, 0.6) is 0 Å². The molecule has 4 nitrogen and oxygen atoms in total. The minimum absolute atomic E-state index is 0.0989. The molecule has 0 aliphatic rings. The SMILES string of the molecule is CC(Nc1ccc([N+](=O)[O-])cc1)c1ccc(Br)cc1. The molecule has 1 unspecified atom stereocenters. The molecule has 0 heterocycles. The van der Waals surface area contributed by atoms with Crippen molar-refractivity contribution < 1.29 is 4.92 Å². The largest absolute Gasteiger partial charge is 0.379 e. The van der Waals surface area contributed by atoms with Crippen molar-refractivity contribution in [2.75, 3.05) is 5.32 Å². The molecule has 0 aliphatic heterocycles. The third-order valence-electron chi connectivity index (χ3n) is 2.83. The van der Waals surface area contributed by atoms with Gasteiger partial charge >= 0.3 is 0 Å². The minimum Gasteiger partial charge on any atom is -0.379 e. The number of nitro groups is 1. The fraction of sp³-hybridized carbons (Fsp3) is 0.143. The zero-order valence-corrected chi connectivity index (χ0v) is 11.9. The third-order valence-corrected chi connectivity index (χ3v) is 3.36. The summed E-state index contributed by atoms with van der Waals surface area (Å²) in [6.07, 6.45) is 0. The Kier molecular flexibility index (Phi) is 4.16. The highest BCUT2D eigenvalue weighted by atomic mass is 79.9. The summed E-state index contributed by atoms with van der Waals surface area (Å²) < 4.78 is 1.04. The topological polar surface area (TPSA) is 55.2 Å². The summed E-state index contributed by atoms with van der Waals surface area (Å²) in [4.78, 5) is 10.2. The second kappa shape index (κ2) is 5.84. The highest BCUT2D eigenvalue weighted by Crippen LogP contribution is 2.22. The number of nitro benzene ring substituents is 1. The van der Waals surface area contributed by atoms with Crippen LogP contribution in [0.3, 0.4) is 0 Å². The van der Waals surface area contributed by atoms with Gasteiger partial charge in [-0.05, 0) is 36.8 Å². The van der Waals surface area contributed by atoms with Gasteiger partial charge in [-0.3, -0.25) is 10.1 Å². The van der Waals surface area contributed by atoms with E-state index in [4.69, 9.17) is 0 Å². The number of halogens is 1. The Morgan fingerprint density at radius 1 is 1.11 bits per heavy atom. The molecule has 0 radical (unpaired) electrons. The van der Waals surface area contributed by atoms with Gasteiger partial charge in [0.05, 0.1) is 4.92 Å². The molecule has 0 amide bonds. The first-order valence-corrected chi connectivity index (χ1v) is 6.62. The first-order valence-electron chi connectivity index (χ1n) is 5.83. The van der Waals surface area contributed by atoms with Crippen LogP contribution >= 0.6 is 15.9 Å². The monoisotopic (exact) mass is 320 g/mol. The third kappa shape index (κ3) is 3.54. The van der Waals surface area contributed by atoms with Crippen molar-refractivity contribution >= 4 is 27.3 Å². The summed E-state index contributed by atoms with van der Waals surface area (Å²) >= 11 is 3.40. The standard InChI is InChI=1S/C14H13BrN2O2/c1-10(11-2-4-12(15)5-3-11)16-13-6-8-14(9-7-13)17(18)19/h2-10,16H,1H3. The predicted octanol–water partition coefficient (Wildman–Crippen LogP) is 4.53. The van der Waals surface area contributed by atoms with Crippen molar-refractivity contribution in [2.24, 2.45) is 0 Å². The lowest BCUT2D eigenvalue weighted by Gasteiger charge is -2.15. The molecule has 98 valence electrons. The maximum Gasteiger partial charge on any atom is 0.269 e. The van der Waals surface area contributed by atoms with Crippen LogP contribution in [-0.4, -0.2) is 4.92 Å². The lowest BCUT2D eigenvalue weighted by molar-refractivity contribution is -0.384. The van der Waals surface area contributed by atoms with Crippen LogP contribution in [0, 0.1) is 10.1 Å². The average Bonchev–Trinajstić information content (AvgIpc) is 2.40. The van der Waals surface area contributed by atoms with Gasteiger partial charge in [-0.15, -0.1) is 0 Å². The van der Waals surface area contributed by atoms with Crippen LogP contribution in [0.25, 0.3) is 0 Å². The molecule has 5 heteroatoms. The van der Waals surface area contributed by atoms with E-state index >= 15 is 0 Å². The van der Waals surface area contributed by atoms with E-state index < -0.39 is 4.92 Å². The summed E-state index contributed by atoms with van der Waals surface area (Å²) in [5.74, 6) is 0. The van der Waals surface area contributed by atoms with Crippen molar-refractivity contribution in [2.45, 2.75) is 13.0 Å². The summed E-state index contributed by atoms with van der Waals surface area (Å²) in [5.41, 5.74) is 2.12. The van der Waals surface area contributed by atoms with E-state index in [1.54, 1.807) is 12.1 Å². The molecule has 0 saturated heterocycles. The van der Waals surface area contributed by atoms with Gasteiger partial charge in [0.15, 0.2) is 0 Å². The van der Waals surface area contributed by atoms with E-state index in [-0.39, 0.29) is 11.7 Å². The van der Waals surface area contributed by atoms with E-state index in [1.165, 1.54) is 12.1 Å². The normalized spacial score (nSPS) is 11.9. The Labute approximate surface area is 119 Å². The number of nitrogens with one attached hydrogen (secondary N) is 1. The molecule has 2 aromatic rings. The summed E-state index contributed by atoms with van der Waals surface area (Å²) in [5, 5.41) is 13.9. The zero-order valence-electron chi connectivity index (χ0n) is 10.3. The first-order chi connectivity index (χ1) is 9.06. The van der Waals surface area contributed by atoms with Crippen molar-refractivity contribution in [1.82, 2.24) is 0 Å². The van der Waals surface area contributed by atoms with Gasteiger partial charge in [0, 0.05) is 28.3 Å². The number of rotatable bonds is 4. The average molecular weight is 321 g/mol. The molecule has 0 saturated carbocycles. The molecule has 1 N–H and O–H groups in total. The molecule has 2 rings (SSSR count). The second-order valence-electron chi connectivity index (χ2n) is 4.22. The Hall–Kier alpha value is -1.88. The number of hydrogen-bond donors (Lipinski definition) is 1. The Morgan fingerprint density at radius 3 is 2.21 bits per heavy atom. The van der Waals surface area contributed by atoms with Crippen molar-refractivity contribution in [1.29, 1.82) is 0 Å². The van der Waals surface area contributed by atoms with Crippen molar-refractivity contribution in [3.8, 4) is 0 Å². The predicted molar refractivity (Wildman–Crippen MR) is 79.3 cm³/mol. The van der Waals surface area contributed by atoms with E-state index in [0.29, 0.717) is 0 Å². The summed E-state index contributed by atoms with van der Waals surface area (Å²) in [6.45, 7) is 2.05. The second-order valence-corrected chi connectivity index (χ2v) is 5.14. The quantitative estimate of drug-likeness (QED) is 0.665. The lowest BCUT2D eigenvalue weighted by Crippen LogP contribution is -2.06. The first kappa shape index (κ1) is 13.5. The Balaban J connectivity index is 2.08. The minimum atomic E-state index is -0.401. The number of non-ortho nitro benzene ring substituents is 1. The van der Waals surface area contributed by atoms with Crippen LogP contribution in [0.2, 0.25) is 0 Å². The summed E-state index contributed by atoms with van der Waals surface area (Å²) in [6, 6.07) is 14.6. The van der Waals surface area contributed by atoms with E-state index in [2.05, 4.69) is 21.2 Å². The van der Waals surface area contributed by atoms with Gasteiger partial charge < -0.3 is 5.32 Å². The van der Waals surface area contributed by atoms with Crippen molar-refractivity contribution in [3.05, 3.63) is 68.7 Å². The molecule has 0 bridgehead atoms. The smallest absolute Gasteiger partial charge is 0.269 e. The van der Waals surface area contributed by atoms with Gasteiger partial charge in [-0.1, -0.05) is 28.1 Å². The fourth-order valence-corrected chi connectivity index (χ4v) is 2.03. The van der Waals surface area contributed by atoms with Gasteiger partial charge in [-0.2, -0.15) is 0 Å². The maximum atomic E-state index is 10.6. The molecular weight excluding hydrogens is 308 g/mol. The highest BCUT2D eigenvalue weighted by Gasteiger charge is 2.07. The van der Waals surface area contributed by atoms with Gasteiger partial charge in [0.2, 0.25) is 0 Å². The molecule has 2 aromatic carbocycles. The van der Waals surface area contributed by atoms with Crippen LogP contribution in [0.4, 0.5) is 11.4 Å². The van der Waals surface area contributed by atoms with E-state index in [1.807, 2.05) is 31.2 Å². The van der Waals surface area contributed by atoms with Crippen LogP contribution in [0.15, 0.2) is 53.0 Å². The van der Waals surface area contributed by atoms with Gasteiger partial charge in [0.25, 0.3) is 5.69 Å². The lowest BCUT2D eigenvalue weighted by atomic mass is 10.1. The molecule has 0 aromatic heterocycles.